The molecule has 0 unspecified atom stereocenters. The molecule has 0 amide bonds. The maximum absolute atomic E-state index is 13.9. The standard InChI is InChI=1S/C29H24FN7/c30-22-5-3-4-20(13-22)26-28-25(8-9-32-26)33-29(34-28)27-23-14-19(6-7-24(23)35-36-27)21-12-18(15-31-16-21)17-37-10-1-2-11-37/h3-9,12-16H,1-2,10-11,17H2,(H,33,34)(H,35,36). The molecule has 2 N–H and O–H groups in total. The lowest BCUT2D eigenvalue weighted by Gasteiger charge is -2.14. The van der Waals surface area contributed by atoms with Gasteiger partial charge in [0.1, 0.15) is 17.0 Å². The van der Waals surface area contributed by atoms with Gasteiger partial charge in [-0.15, -0.1) is 0 Å². The number of aromatic nitrogens is 6. The molecule has 182 valence electrons. The fourth-order valence-corrected chi connectivity index (χ4v) is 5.20. The zero-order valence-electron chi connectivity index (χ0n) is 20.1. The fraction of sp³-hybridized carbons (Fsp3) is 0.172. The van der Waals surface area contributed by atoms with E-state index in [0.29, 0.717) is 22.6 Å². The first-order valence-corrected chi connectivity index (χ1v) is 12.5. The number of pyridine rings is 2. The SMILES string of the molecule is Fc1cccc(-c2nccc3[nH]c(-c4n[nH]c5ccc(-c6cncc(CN7CCCC7)c6)cc45)nc23)c1. The molecule has 6 aromatic rings. The Morgan fingerprint density at radius 3 is 2.68 bits per heavy atom. The van der Waals surface area contributed by atoms with E-state index in [4.69, 9.17) is 4.98 Å². The van der Waals surface area contributed by atoms with Gasteiger partial charge in [-0.1, -0.05) is 18.2 Å². The third-order valence-electron chi connectivity index (χ3n) is 7.02. The van der Waals surface area contributed by atoms with Gasteiger partial charge in [0.15, 0.2) is 5.82 Å². The van der Waals surface area contributed by atoms with Crippen molar-refractivity contribution in [2.75, 3.05) is 13.1 Å². The number of H-pyrrole nitrogens is 2. The van der Waals surface area contributed by atoms with Gasteiger partial charge in [0, 0.05) is 41.6 Å². The molecular formula is C29H24FN7. The van der Waals surface area contributed by atoms with Crippen LogP contribution in [0.3, 0.4) is 0 Å². The number of likely N-dealkylation sites (tertiary alicyclic amines) is 1. The molecule has 0 bridgehead atoms. The van der Waals surface area contributed by atoms with E-state index < -0.39 is 0 Å². The van der Waals surface area contributed by atoms with Crippen LogP contribution in [0.2, 0.25) is 0 Å². The van der Waals surface area contributed by atoms with Gasteiger partial charge in [-0.05, 0) is 73.5 Å². The summed E-state index contributed by atoms with van der Waals surface area (Å²) >= 11 is 0. The van der Waals surface area contributed by atoms with Gasteiger partial charge in [-0.2, -0.15) is 5.10 Å². The van der Waals surface area contributed by atoms with Crippen molar-refractivity contribution in [3.8, 4) is 33.9 Å². The number of hydrogen-bond donors (Lipinski definition) is 2. The Balaban J connectivity index is 1.28. The molecule has 7 rings (SSSR count). The molecule has 1 aliphatic heterocycles. The van der Waals surface area contributed by atoms with Crippen molar-refractivity contribution in [1.29, 1.82) is 0 Å². The highest BCUT2D eigenvalue weighted by Gasteiger charge is 2.17. The zero-order valence-corrected chi connectivity index (χ0v) is 20.1. The van der Waals surface area contributed by atoms with Crippen LogP contribution in [-0.2, 0) is 6.54 Å². The van der Waals surface area contributed by atoms with Crippen LogP contribution in [0.25, 0.3) is 55.8 Å². The fourth-order valence-electron chi connectivity index (χ4n) is 5.20. The summed E-state index contributed by atoms with van der Waals surface area (Å²) in [5.74, 6) is 0.321. The van der Waals surface area contributed by atoms with E-state index in [0.717, 1.165) is 52.9 Å². The highest BCUT2D eigenvalue weighted by molar-refractivity contribution is 5.97. The first-order chi connectivity index (χ1) is 18.2. The van der Waals surface area contributed by atoms with Gasteiger partial charge in [0.2, 0.25) is 0 Å². The Morgan fingerprint density at radius 1 is 0.865 bits per heavy atom. The van der Waals surface area contributed by atoms with Gasteiger partial charge < -0.3 is 4.98 Å². The number of imidazole rings is 1. The van der Waals surface area contributed by atoms with Crippen molar-refractivity contribution < 1.29 is 4.39 Å². The Kier molecular flexibility index (Phi) is 5.25. The second kappa shape index (κ2) is 8.90. The predicted molar refractivity (Wildman–Crippen MR) is 142 cm³/mol. The summed E-state index contributed by atoms with van der Waals surface area (Å²) in [5.41, 5.74) is 7.81. The third-order valence-corrected chi connectivity index (χ3v) is 7.02. The number of aromatic amines is 2. The lowest BCUT2D eigenvalue weighted by Crippen LogP contribution is -2.18. The molecule has 1 aliphatic rings. The van der Waals surface area contributed by atoms with Crippen molar-refractivity contribution in [2.45, 2.75) is 19.4 Å². The number of fused-ring (bicyclic) bond motifs is 2. The van der Waals surface area contributed by atoms with Crippen LogP contribution < -0.4 is 0 Å². The minimum Gasteiger partial charge on any atom is -0.336 e. The third kappa shape index (κ3) is 4.05. The summed E-state index contributed by atoms with van der Waals surface area (Å²) in [7, 11) is 0. The second-order valence-electron chi connectivity index (χ2n) is 9.55. The Hall–Kier alpha value is -4.43. The smallest absolute Gasteiger partial charge is 0.159 e. The van der Waals surface area contributed by atoms with Crippen LogP contribution in [-0.4, -0.2) is 48.1 Å². The minimum absolute atomic E-state index is 0.308. The number of hydrogen-bond acceptors (Lipinski definition) is 5. The summed E-state index contributed by atoms with van der Waals surface area (Å²) in [6, 6.07) is 16.8. The molecular weight excluding hydrogens is 465 g/mol. The normalized spacial score (nSPS) is 14.2. The van der Waals surface area contributed by atoms with Crippen LogP contribution in [0.1, 0.15) is 18.4 Å². The van der Waals surface area contributed by atoms with E-state index in [2.05, 4.69) is 48.2 Å². The summed E-state index contributed by atoms with van der Waals surface area (Å²) in [5, 5.41) is 8.66. The summed E-state index contributed by atoms with van der Waals surface area (Å²) in [4.78, 5) is 19.7. The van der Waals surface area contributed by atoms with Gasteiger partial charge in [-0.25, -0.2) is 9.37 Å². The van der Waals surface area contributed by atoms with Crippen molar-refractivity contribution >= 4 is 21.9 Å². The first-order valence-electron chi connectivity index (χ1n) is 12.5. The molecule has 1 saturated heterocycles. The van der Waals surface area contributed by atoms with E-state index in [-0.39, 0.29) is 5.82 Å². The van der Waals surface area contributed by atoms with Crippen LogP contribution in [0, 0.1) is 5.82 Å². The molecule has 7 nitrogen and oxygen atoms in total. The van der Waals surface area contributed by atoms with Crippen molar-refractivity contribution in [3.05, 3.63) is 84.6 Å². The number of rotatable bonds is 5. The summed E-state index contributed by atoms with van der Waals surface area (Å²) in [6.07, 6.45) is 8.12. The molecule has 0 radical (unpaired) electrons. The van der Waals surface area contributed by atoms with Crippen LogP contribution in [0.5, 0.6) is 0 Å². The van der Waals surface area contributed by atoms with Gasteiger partial charge in [0.05, 0.1) is 16.7 Å². The van der Waals surface area contributed by atoms with Crippen molar-refractivity contribution in [3.63, 3.8) is 0 Å². The number of nitrogens with zero attached hydrogens (tertiary/aromatic N) is 5. The number of nitrogens with one attached hydrogen (secondary N) is 2. The highest BCUT2D eigenvalue weighted by atomic mass is 19.1. The van der Waals surface area contributed by atoms with E-state index in [9.17, 15) is 4.39 Å². The van der Waals surface area contributed by atoms with E-state index in [1.807, 2.05) is 30.6 Å². The van der Waals surface area contributed by atoms with Gasteiger partial charge in [-0.3, -0.25) is 20.0 Å². The average molecular weight is 490 g/mol. The van der Waals surface area contributed by atoms with Crippen LogP contribution in [0.15, 0.2) is 73.2 Å². The maximum atomic E-state index is 13.9. The van der Waals surface area contributed by atoms with Crippen molar-refractivity contribution in [1.82, 2.24) is 35.0 Å². The average Bonchev–Trinajstić information content (AvgIpc) is 3.67. The van der Waals surface area contributed by atoms with Crippen LogP contribution in [0.4, 0.5) is 4.39 Å². The molecule has 8 heteroatoms. The molecule has 37 heavy (non-hydrogen) atoms. The molecule has 0 atom stereocenters. The predicted octanol–water partition coefficient (Wildman–Crippen LogP) is 5.97. The Morgan fingerprint density at radius 2 is 1.78 bits per heavy atom. The summed E-state index contributed by atoms with van der Waals surface area (Å²) in [6.45, 7) is 3.24. The van der Waals surface area contributed by atoms with Crippen molar-refractivity contribution in [2.24, 2.45) is 0 Å². The van der Waals surface area contributed by atoms with Crippen LogP contribution >= 0.6 is 0 Å². The number of benzene rings is 2. The largest absolute Gasteiger partial charge is 0.336 e. The maximum Gasteiger partial charge on any atom is 0.159 e. The molecule has 1 fully saturated rings. The lowest BCUT2D eigenvalue weighted by atomic mass is 10.0. The zero-order chi connectivity index (χ0) is 24.8. The Bertz CT molecular complexity index is 1750. The van der Waals surface area contributed by atoms with E-state index >= 15 is 0 Å². The molecule has 0 saturated carbocycles. The van der Waals surface area contributed by atoms with Gasteiger partial charge in [0.25, 0.3) is 0 Å². The Labute approximate surface area is 212 Å². The minimum atomic E-state index is -0.308. The molecule has 0 spiro atoms. The lowest BCUT2D eigenvalue weighted by molar-refractivity contribution is 0.331. The first kappa shape index (κ1) is 21.8. The van der Waals surface area contributed by atoms with E-state index in [1.165, 1.54) is 30.5 Å². The quantitative estimate of drug-likeness (QED) is 0.312. The number of halogens is 1. The molecule has 0 aliphatic carbocycles. The molecule has 2 aromatic carbocycles. The van der Waals surface area contributed by atoms with E-state index in [1.54, 1.807) is 12.3 Å². The molecule has 4 aromatic heterocycles. The second-order valence-corrected chi connectivity index (χ2v) is 9.55. The molecule has 5 heterocycles. The topological polar surface area (TPSA) is 86.4 Å². The summed E-state index contributed by atoms with van der Waals surface area (Å²) < 4.78 is 13.9. The highest BCUT2D eigenvalue weighted by Crippen LogP contribution is 2.32. The van der Waals surface area contributed by atoms with Gasteiger partial charge >= 0.3 is 0 Å². The monoisotopic (exact) mass is 489 g/mol.